The van der Waals surface area contributed by atoms with E-state index in [0.29, 0.717) is 0 Å². The van der Waals surface area contributed by atoms with Gasteiger partial charge in [0.1, 0.15) is 5.57 Å². The summed E-state index contributed by atoms with van der Waals surface area (Å²) in [6, 6.07) is -0.610. The Morgan fingerprint density at radius 2 is 1.40 bits per heavy atom. The zero-order chi connectivity index (χ0) is 11.7. The summed E-state index contributed by atoms with van der Waals surface area (Å²) in [5, 5.41) is 0. The Labute approximate surface area is 87.7 Å². The lowest BCUT2D eigenvalue weighted by molar-refractivity contribution is -0.134. The van der Waals surface area contributed by atoms with Crippen molar-refractivity contribution >= 4 is 17.8 Å². The van der Waals surface area contributed by atoms with Gasteiger partial charge in [-0.05, 0) is 0 Å². The molecule has 82 valence electrons. The molecule has 0 spiro atoms. The Hall–Kier alpha value is -1.85. The van der Waals surface area contributed by atoms with Crippen LogP contribution in [0.4, 0.5) is 4.79 Å². The van der Waals surface area contributed by atoms with Gasteiger partial charge >= 0.3 is 6.03 Å². The Bertz CT molecular complexity index is 334. The molecular weight excluding hydrogens is 198 g/mol. The van der Waals surface area contributed by atoms with Crippen molar-refractivity contribution in [2.24, 2.45) is 0 Å². The standard InChI is InChI=1S/C9H13N3O3/c1-10(2)5-6-7(13)11(3)9(15)12(4)8(6)14/h5H,1-4H3. The zero-order valence-electron chi connectivity index (χ0n) is 9.14. The molecule has 1 fully saturated rings. The van der Waals surface area contributed by atoms with Crippen molar-refractivity contribution in [3.8, 4) is 0 Å². The fourth-order valence-corrected chi connectivity index (χ4v) is 1.22. The monoisotopic (exact) mass is 211 g/mol. The third-order valence-corrected chi connectivity index (χ3v) is 2.03. The molecule has 1 aliphatic rings. The molecule has 0 bridgehead atoms. The van der Waals surface area contributed by atoms with Crippen LogP contribution in [-0.2, 0) is 9.59 Å². The van der Waals surface area contributed by atoms with E-state index in [0.717, 1.165) is 9.80 Å². The van der Waals surface area contributed by atoms with Gasteiger partial charge in [-0.1, -0.05) is 0 Å². The summed E-state index contributed by atoms with van der Waals surface area (Å²) in [5.74, 6) is -1.14. The summed E-state index contributed by atoms with van der Waals surface area (Å²) < 4.78 is 0. The molecule has 15 heavy (non-hydrogen) atoms. The average molecular weight is 211 g/mol. The van der Waals surface area contributed by atoms with Gasteiger partial charge in [-0.25, -0.2) is 4.79 Å². The van der Waals surface area contributed by atoms with Crippen molar-refractivity contribution in [3.63, 3.8) is 0 Å². The topological polar surface area (TPSA) is 60.9 Å². The summed E-state index contributed by atoms with van der Waals surface area (Å²) >= 11 is 0. The van der Waals surface area contributed by atoms with Crippen LogP contribution in [0.3, 0.4) is 0 Å². The molecule has 1 heterocycles. The predicted octanol–water partition coefficient (Wildman–Crippen LogP) is -0.518. The first-order valence-electron chi connectivity index (χ1n) is 4.34. The number of rotatable bonds is 1. The maximum atomic E-state index is 11.6. The van der Waals surface area contributed by atoms with Gasteiger partial charge in [0, 0.05) is 34.4 Å². The summed E-state index contributed by atoms with van der Waals surface area (Å²) in [4.78, 5) is 37.9. The minimum absolute atomic E-state index is 0.00963. The fraction of sp³-hybridized carbons (Fsp3) is 0.444. The summed E-state index contributed by atoms with van der Waals surface area (Å²) in [6.45, 7) is 0. The summed E-state index contributed by atoms with van der Waals surface area (Å²) in [7, 11) is 6.09. The minimum atomic E-state index is -0.610. The molecule has 0 unspecified atom stereocenters. The second-order valence-corrected chi connectivity index (χ2v) is 3.52. The van der Waals surface area contributed by atoms with E-state index in [1.807, 2.05) is 0 Å². The highest BCUT2D eigenvalue weighted by molar-refractivity contribution is 6.28. The molecule has 0 aromatic carbocycles. The number of barbiturate groups is 1. The molecule has 0 N–H and O–H groups in total. The van der Waals surface area contributed by atoms with Crippen LogP contribution in [0.15, 0.2) is 11.8 Å². The highest BCUT2D eigenvalue weighted by Crippen LogP contribution is 2.14. The average Bonchev–Trinajstić information content (AvgIpc) is 2.18. The molecule has 1 aliphatic heterocycles. The van der Waals surface area contributed by atoms with E-state index in [-0.39, 0.29) is 5.57 Å². The van der Waals surface area contributed by atoms with E-state index in [4.69, 9.17) is 0 Å². The molecule has 0 atom stereocenters. The molecule has 0 radical (unpaired) electrons. The van der Waals surface area contributed by atoms with Crippen molar-refractivity contribution in [3.05, 3.63) is 11.8 Å². The number of likely N-dealkylation sites (N-methyl/N-ethyl adjacent to an activating group) is 2. The fourth-order valence-electron chi connectivity index (χ4n) is 1.22. The predicted molar refractivity (Wildman–Crippen MR) is 52.7 cm³/mol. The molecule has 1 rings (SSSR count). The van der Waals surface area contributed by atoms with E-state index in [1.54, 1.807) is 19.0 Å². The maximum Gasteiger partial charge on any atom is 0.333 e. The van der Waals surface area contributed by atoms with Crippen LogP contribution < -0.4 is 0 Å². The SMILES string of the molecule is CN(C)C=C1C(=O)N(C)C(=O)N(C)C1=O. The van der Waals surface area contributed by atoms with E-state index in [1.165, 1.54) is 20.3 Å². The lowest BCUT2D eigenvalue weighted by atomic mass is 10.2. The van der Waals surface area contributed by atoms with Crippen LogP contribution in [0.1, 0.15) is 0 Å². The Morgan fingerprint density at radius 1 is 1.00 bits per heavy atom. The lowest BCUT2D eigenvalue weighted by Crippen LogP contribution is -2.53. The van der Waals surface area contributed by atoms with Crippen LogP contribution in [0.5, 0.6) is 0 Å². The van der Waals surface area contributed by atoms with Crippen LogP contribution in [0, 0.1) is 0 Å². The normalized spacial score (nSPS) is 17.3. The van der Waals surface area contributed by atoms with Crippen LogP contribution in [-0.4, -0.2) is 60.7 Å². The van der Waals surface area contributed by atoms with Gasteiger partial charge in [-0.15, -0.1) is 0 Å². The highest BCUT2D eigenvalue weighted by atomic mass is 16.2. The number of urea groups is 1. The maximum absolute atomic E-state index is 11.6. The number of amides is 4. The summed E-state index contributed by atoms with van der Waals surface area (Å²) in [6.07, 6.45) is 1.41. The molecule has 1 saturated heterocycles. The number of nitrogens with zero attached hydrogens (tertiary/aromatic N) is 3. The minimum Gasteiger partial charge on any atom is -0.383 e. The highest BCUT2D eigenvalue weighted by Gasteiger charge is 2.37. The number of hydrogen-bond donors (Lipinski definition) is 0. The Kier molecular flexibility index (Phi) is 2.78. The second-order valence-electron chi connectivity index (χ2n) is 3.52. The van der Waals surface area contributed by atoms with E-state index < -0.39 is 17.8 Å². The quantitative estimate of drug-likeness (QED) is 0.432. The molecule has 0 aromatic heterocycles. The van der Waals surface area contributed by atoms with Crippen LogP contribution in [0.25, 0.3) is 0 Å². The number of hydrogen-bond acceptors (Lipinski definition) is 4. The third-order valence-electron chi connectivity index (χ3n) is 2.03. The van der Waals surface area contributed by atoms with Gasteiger partial charge in [-0.2, -0.15) is 0 Å². The Morgan fingerprint density at radius 3 is 1.73 bits per heavy atom. The largest absolute Gasteiger partial charge is 0.383 e. The van der Waals surface area contributed by atoms with Gasteiger partial charge in [0.05, 0.1) is 0 Å². The van der Waals surface area contributed by atoms with Gasteiger partial charge in [0.25, 0.3) is 11.8 Å². The first-order valence-corrected chi connectivity index (χ1v) is 4.34. The van der Waals surface area contributed by atoms with Gasteiger partial charge in [0.2, 0.25) is 0 Å². The van der Waals surface area contributed by atoms with Gasteiger partial charge in [-0.3, -0.25) is 19.4 Å². The van der Waals surface area contributed by atoms with Crippen molar-refractivity contribution < 1.29 is 14.4 Å². The van der Waals surface area contributed by atoms with E-state index >= 15 is 0 Å². The molecular formula is C9H13N3O3. The first kappa shape index (κ1) is 11.2. The van der Waals surface area contributed by atoms with Crippen molar-refractivity contribution in [2.45, 2.75) is 0 Å². The van der Waals surface area contributed by atoms with Gasteiger partial charge < -0.3 is 4.90 Å². The summed E-state index contributed by atoms with van der Waals surface area (Å²) in [5.41, 5.74) is -0.00963. The smallest absolute Gasteiger partial charge is 0.333 e. The number of carbonyl (C=O) groups excluding carboxylic acids is 3. The van der Waals surface area contributed by atoms with E-state index in [9.17, 15) is 14.4 Å². The number of carbonyl (C=O) groups is 3. The zero-order valence-corrected chi connectivity index (χ0v) is 9.14. The molecule has 0 saturated carbocycles. The third kappa shape index (κ3) is 1.83. The molecule has 6 nitrogen and oxygen atoms in total. The Balaban J connectivity index is 3.14. The lowest BCUT2D eigenvalue weighted by Gasteiger charge is -2.29. The number of imide groups is 2. The molecule has 0 aliphatic carbocycles. The molecule has 6 heteroatoms. The molecule has 0 aromatic rings. The van der Waals surface area contributed by atoms with Crippen molar-refractivity contribution in [1.82, 2.24) is 14.7 Å². The van der Waals surface area contributed by atoms with Gasteiger partial charge in [0.15, 0.2) is 0 Å². The second kappa shape index (κ2) is 3.72. The van der Waals surface area contributed by atoms with Crippen LogP contribution >= 0.6 is 0 Å². The van der Waals surface area contributed by atoms with E-state index in [2.05, 4.69) is 0 Å². The van der Waals surface area contributed by atoms with Crippen LogP contribution in [0.2, 0.25) is 0 Å². The first-order chi connectivity index (χ1) is 6.86. The van der Waals surface area contributed by atoms with Crippen molar-refractivity contribution in [1.29, 1.82) is 0 Å². The molecule has 4 amide bonds. The van der Waals surface area contributed by atoms with Crippen molar-refractivity contribution in [2.75, 3.05) is 28.2 Å².